The van der Waals surface area contributed by atoms with E-state index in [4.69, 9.17) is 20.8 Å². The predicted molar refractivity (Wildman–Crippen MR) is 108 cm³/mol. The van der Waals surface area contributed by atoms with Crippen LogP contribution >= 0.6 is 11.6 Å². The van der Waals surface area contributed by atoms with E-state index >= 15 is 0 Å². The second kappa shape index (κ2) is 7.88. The normalized spacial score (nSPS) is 23.2. The molecule has 5 rings (SSSR count). The fourth-order valence-corrected chi connectivity index (χ4v) is 4.33. The summed E-state index contributed by atoms with van der Waals surface area (Å²) in [6, 6.07) is 7.17. The van der Waals surface area contributed by atoms with Crippen LogP contribution in [-0.2, 0) is 16.1 Å². The van der Waals surface area contributed by atoms with Gasteiger partial charge in [0.25, 0.3) is 11.8 Å². The van der Waals surface area contributed by atoms with Crippen LogP contribution in [0.3, 0.4) is 0 Å². The Labute approximate surface area is 182 Å². The highest BCUT2D eigenvalue weighted by atomic mass is 35.5. The summed E-state index contributed by atoms with van der Waals surface area (Å²) in [7, 11) is 0. The molecule has 1 heterocycles. The van der Waals surface area contributed by atoms with E-state index in [1.54, 1.807) is 12.1 Å². The number of rotatable bonds is 8. The van der Waals surface area contributed by atoms with E-state index in [0.29, 0.717) is 25.0 Å². The van der Waals surface area contributed by atoms with Crippen molar-refractivity contribution in [3.05, 3.63) is 52.7 Å². The number of carbonyl (C=O) groups is 3. The Kier molecular flexibility index (Phi) is 5.38. The van der Waals surface area contributed by atoms with Crippen LogP contribution < -0.4 is 20.7 Å². The van der Waals surface area contributed by atoms with Crippen LogP contribution in [-0.4, -0.2) is 35.4 Å². The van der Waals surface area contributed by atoms with Gasteiger partial charge in [-0.1, -0.05) is 11.6 Å². The molecule has 0 atom stereocenters. The minimum atomic E-state index is -0.615. The number of halogens is 2. The van der Waals surface area contributed by atoms with Crippen molar-refractivity contribution in [2.24, 2.45) is 0 Å². The lowest BCUT2D eigenvalue weighted by atomic mass is 9.44. The van der Waals surface area contributed by atoms with Gasteiger partial charge in [0, 0.05) is 24.1 Å². The maximum Gasteiger partial charge on any atom is 0.287 e. The topological polar surface area (TPSA) is 110 Å². The Balaban J connectivity index is 1.21. The summed E-state index contributed by atoms with van der Waals surface area (Å²) in [5.41, 5.74) is -0.701. The minimum absolute atomic E-state index is 0.0171. The van der Waals surface area contributed by atoms with Crippen molar-refractivity contribution in [1.82, 2.24) is 16.0 Å². The van der Waals surface area contributed by atoms with E-state index in [1.165, 1.54) is 19.1 Å². The van der Waals surface area contributed by atoms with Crippen molar-refractivity contribution in [2.45, 2.75) is 43.8 Å². The van der Waals surface area contributed by atoms with Gasteiger partial charge in [0.1, 0.15) is 17.3 Å². The van der Waals surface area contributed by atoms with Crippen LogP contribution in [0.1, 0.15) is 42.5 Å². The molecule has 3 aliphatic carbocycles. The zero-order valence-corrected chi connectivity index (χ0v) is 17.5. The Bertz CT molecular complexity index is 1030. The fourth-order valence-electron chi connectivity index (χ4n) is 4.21. The molecule has 3 saturated carbocycles. The number of hydrogen-bond donors (Lipinski definition) is 3. The highest BCUT2D eigenvalue weighted by Crippen LogP contribution is 2.60. The Morgan fingerprint density at radius 2 is 1.84 bits per heavy atom. The zero-order chi connectivity index (χ0) is 22.2. The highest BCUT2D eigenvalue weighted by Gasteiger charge is 2.69. The number of ether oxygens (including phenoxy) is 1. The summed E-state index contributed by atoms with van der Waals surface area (Å²) in [5, 5.41) is 8.47. The molecule has 8 nitrogen and oxygen atoms in total. The van der Waals surface area contributed by atoms with E-state index in [-0.39, 0.29) is 58.5 Å². The molecule has 31 heavy (non-hydrogen) atoms. The number of furan rings is 1. The van der Waals surface area contributed by atoms with Crippen LogP contribution in [0.25, 0.3) is 0 Å². The molecule has 0 aliphatic heterocycles. The Hall–Kier alpha value is -3.07. The first-order valence-corrected chi connectivity index (χ1v) is 10.1. The van der Waals surface area contributed by atoms with Crippen molar-refractivity contribution in [2.75, 3.05) is 6.61 Å². The molecule has 1 aromatic heterocycles. The van der Waals surface area contributed by atoms with Crippen molar-refractivity contribution in [1.29, 1.82) is 0 Å². The molecule has 0 unspecified atom stereocenters. The molecule has 0 radical (unpaired) electrons. The Morgan fingerprint density at radius 1 is 1.13 bits per heavy atom. The predicted octanol–water partition coefficient (Wildman–Crippen LogP) is 2.31. The summed E-state index contributed by atoms with van der Waals surface area (Å²) < 4.78 is 24.2. The van der Waals surface area contributed by atoms with Crippen LogP contribution in [0.4, 0.5) is 4.39 Å². The lowest BCUT2D eigenvalue weighted by Crippen LogP contribution is -2.84. The molecule has 1 aromatic carbocycles. The van der Waals surface area contributed by atoms with Gasteiger partial charge < -0.3 is 25.1 Å². The third-order valence-electron chi connectivity index (χ3n) is 5.47. The molecule has 3 N–H and O–H groups in total. The standard InChI is InChI=1S/C21H21ClFN3O5/c1-12(27)24-7-14-3-5-17(31-14)19(29)26-21-9-20(10-21,11-21)25-18(28)8-30-13-2-4-15(22)16(23)6-13/h2-6H,7-11H2,1H3,(H,24,27)(H,25,28)(H,26,29). The zero-order valence-electron chi connectivity index (χ0n) is 16.7. The molecule has 10 heteroatoms. The van der Waals surface area contributed by atoms with E-state index in [1.807, 2.05) is 0 Å². The number of hydrogen-bond acceptors (Lipinski definition) is 5. The van der Waals surface area contributed by atoms with Crippen molar-refractivity contribution in [3.8, 4) is 5.75 Å². The summed E-state index contributed by atoms with van der Waals surface area (Å²) in [6.45, 7) is 1.37. The number of amides is 3. The molecule has 164 valence electrons. The molecule has 3 aliphatic rings. The van der Waals surface area contributed by atoms with Gasteiger partial charge in [0.2, 0.25) is 5.91 Å². The maximum atomic E-state index is 13.4. The second-order valence-electron chi connectivity index (χ2n) is 8.13. The van der Waals surface area contributed by atoms with Gasteiger partial charge in [-0.2, -0.15) is 0 Å². The molecule has 2 bridgehead atoms. The Morgan fingerprint density at radius 3 is 2.52 bits per heavy atom. The van der Waals surface area contributed by atoms with Gasteiger partial charge in [-0.15, -0.1) is 0 Å². The number of nitrogens with one attached hydrogen (secondary N) is 3. The first-order chi connectivity index (χ1) is 14.7. The van der Waals surface area contributed by atoms with Crippen molar-refractivity contribution < 1.29 is 27.9 Å². The van der Waals surface area contributed by atoms with E-state index in [2.05, 4.69) is 16.0 Å². The fraction of sp³-hybridized carbons (Fsp3) is 0.381. The highest BCUT2D eigenvalue weighted by molar-refractivity contribution is 6.30. The lowest BCUT2D eigenvalue weighted by molar-refractivity contribution is -0.141. The average Bonchev–Trinajstić information content (AvgIpc) is 3.14. The van der Waals surface area contributed by atoms with Gasteiger partial charge in [0.15, 0.2) is 12.4 Å². The SMILES string of the molecule is CC(=O)NCc1ccc(C(=O)NC23CC(NC(=O)COc4ccc(Cl)c(F)c4)(C2)C3)o1. The first-order valence-electron chi connectivity index (χ1n) is 9.72. The van der Waals surface area contributed by atoms with Gasteiger partial charge in [-0.05, 0) is 43.5 Å². The van der Waals surface area contributed by atoms with Crippen molar-refractivity contribution >= 4 is 29.3 Å². The first kappa shape index (κ1) is 21.2. The summed E-state index contributed by atoms with van der Waals surface area (Å²) in [6.07, 6.45) is 1.85. The van der Waals surface area contributed by atoms with Crippen LogP contribution in [0.5, 0.6) is 5.75 Å². The third-order valence-corrected chi connectivity index (χ3v) is 5.78. The lowest BCUT2D eigenvalue weighted by Gasteiger charge is -2.70. The smallest absolute Gasteiger partial charge is 0.287 e. The quantitative estimate of drug-likeness (QED) is 0.573. The minimum Gasteiger partial charge on any atom is -0.484 e. The maximum absolute atomic E-state index is 13.4. The van der Waals surface area contributed by atoms with Gasteiger partial charge in [-0.25, -0.2) is 4.39 Å². The molecular weight excluding hydrogens is 429 g/mol. The molecular formula is C21H21ClFN3O5. The van der Waals surface area contributed by atoms with Crippen LogP contribution in [0, 0.1) is 5.82 Å². The van der Waals surface area contributed by atoms with Gasteiger partial charge >= 0.3 is 0 Å². The number of carbonyl (C=O) groups excluding carboxylic acids is 3. The van der Waals surface area contributed by atoms with E-state index < -0.39 is 5.82 Å². The summed E-state index contributed by atoms with van der Waals surface area (Å²) in [5.74, 6) is -0.570. The molecule has 0 spiro atoms. The second-order valence-corrected chi connectivity index (χ2v) is 8.54. The van der Waals surface area contributed by atoms with E-state index in [0.717, 1.165) is 6.07 Å². The number of benzene rings is 1. The summed E-state index contributed by atoms with van der Waals surface area (Å²) >= 11 is 5.62. The molecule has 3 fully saturated rings. The summed E-state index contributed by atoms with van der Waals surface area (Å²) in [4.78, 5) is 35.6. The van der Waals surface area contributed by atoms with Gasteiger partial charge in [0.05, 0.1) is 11.6 Å². The largest absolute Gasteiger partial charge is 0.484 e. The van der Waals surface area contributed by atoms with Gasteiger partial charge in [-0.3, -0.25) is 14.4 Å². The van der Waals surface area contributed by atoms with E-state index in [9.17, 15) is 18.8 Å². The van der Waals surface area contributed by atoms with Crippen molar-refractivity contribution in [3.63, 3.8) is 0 Å². The van der Waals surface area contributed by atoms with Crippen LogP contribution in [0.15, 0.2) is 34.7 Å². The average molecular weight is 450 g/mol. The molecule has 2 aromatic rings. The third kappa shape index (κ3) is 4.51. The molecule has 0 saturated heterocycles. The molecule has 3 amide bonds. The van der Waals surface area contributed by atoms with Crippen LogP contribution in [0.2, 0.25) is 5.02 Å². The monoisotopic (exact) mass is 449 g/mol.